The van der Waals surface area contributed by atoms with E-state index in [-0.39, 0.29) is 23.4 Å². The minimum absolute atomic E-state index is 0.0548. The summed E-state index contributed by atoms with van der Waals surface area (Å²) >= 11 is 0. The van der Waals surface area contributed by atoms with Crippen LogP contribution in [0.15, 0.2) is 77.7 Å². The highest BCUT2D eigenvalue weighted by Gasteiger charge is 2.33. The van der Waals surface area contributed by atoms with Crippen LogP contribution in [-0.4, -0.2) is 43.8 Å². The van der Waals surface area contributed by atoms with Gasteiger partial charge in [-0.25, -0.2) is 8.42 Å². The highest BCUT2D eigenvalue weighted by atomic mass is 32.2. The van der Waals surface area contributed by atoms with Crippen LogP contribution in [-0.2, 0) is 26.2 Å². The summed E-state index contributed by atoms with van der Waals surface area (Å²) in [6.45, 7) is 10.9. The summed E-state index contributed by atoms with van der Waals surface area (Å²) in [5, 5.41) is 2.95. The number of sulfonamides is 1. The monoisotopic (exact) mass is 549 g/mol. The summed E-state index contributed by atoms with van der Waals surface area (Å²) in [5.74, 6) is -0.752. The highest BCUT2D eigenvalue weighted by Crippen LogP contribution is 2.28. The molecule has 3 rings (SSSR count). The zero-order valence-corrected chi connectivity index (χ0v) is 24.5. The average Bonchev–Trinajstić information content (AvgIpc) is 2.91. The number of carbonyl (C=O) groups excluding carboxylic acids is 2. The lowest BCUT2D eigenvalue weighted by atomic mass is 10.1. The minimum atomic E-state index is -4.09. The van der Waals surface area contributed by atoms with Gasteiger partial charge in [0, 0.05) is 12.6 Å². The van der Waals surface area contributed by atoms with Gasteiger partial charge in [0.2, 0.25) is 11.8 Å². The molecule has 208 valence electrons. The van der Waals surface area contributed by atoms with Gasteiger partial charge in [0.25, 0.3) is 10.0 Å². The van der Waals surface area contributed by atoms with E-state index in [9.17, 15) is 18.0 Å². The first-order valence-corrected chi connectivity index (χ1v) is 14.7. The van der Waals surface area contributed by atoms with Crippen molar-refractivity contribution < 1.29 is 18.0 Å². The predicted octanol–water partition coefficient (Wildman–Crippen LogP) is 5.14. The Morgan fingerprint density at radius 3 is 2.18 bits per heavy atom. The maximum absolute atomic E-state index is 14.0. The van der Waals surface area contributed by atoms with Crippen LogP contribution in [0.3, 0.4) is 0 Å². The predicted molar refractivity (Wildman–Crippen MR) is 156 cm³/mol. The topological polar surface area (TPSA) is 86.8 Å². The maximum Gasteiger partial charge on any atom is 0.264 e. The summed E-state index contributed by atoms with van der Waals surface area (Å²) in [6.07, 6.45) is 0.750. The molecule has 0 saturated carbocycles. The van der Waals surface area contributed by atoms with E-state index in [1.165, 1.54) is 17.0 Å². The number of anilines is 1. The Hall–Kier alpha value is -3.65. The second-order valence-electron chi connectivity index (χ2n) is 10.1. The van der Waals surface area contributed by atoms with Crippen LogP contribution in [0.4, 0.5) is 5.69 Å². The van der Waals surface area contributed by atoms with Crippen molar-refractivity contribution >= 4 is 27.5 Å². The number of benzene rings is 3. The van der Waals surface area contributed by atoms with E-state index in [4.69, 9.17) is 0 Å². The zero-order chi connectivity index (χ0) is 28.7. The summed E-state index contributed by atoms with van der Waals surface area (Å²) in [4.78, 5) is 28.7. The van der Waals surface area contributed by atoms with Crippen molar-refractivity contribution in [1.29, 1.82) is 0 Å². The molecule has 0 saturated heterocycles. The molecule has 0 bridgehead atoms. The molecule has 0 aliphatic rings. The van der Waals surface area contributed by atoms with Crippen molar-refractivity contribution in [3.63, 3.8) is 0 Å². The Labute approximate surface area is 232 Å². The summed E-state index contributed by atoms with van der Waals surface area (Å²) in [6, 6.07) is 20.5. The molecular weight excluding hydrogens is 510 g/mol. The second-order valence-corrected chi connectivity index (χ2v) is 12.0. The van der Waals surface area contributed by atoms with E-state index in [1.807, 2.05) is 71.0 Å². The Bertz CT molecular complexity index is 1410. The van der Waals surface area contributed by atoms with Crippen LogP contribution in [0.2, 0.25) is 0 Å². The van der Waals surface area contributed by atoms with E-state index in [2.05, 4.69) is 5.32 Å². The molecular formula is C31H39N3O4S. The molecule has 0 radical (unpaired) electrons. The normalized spacial score (nSPS) is 12.9. The third kappa shape index (κ3) is 7.47. The lowest BCUT2D eigenvalue weighted by molar-refractivity contribution is -0.139. The van der Waals surface area contributed by atoms with E-state index in [1.54, 1.807) is 31.2 Å². The lowest BCUT2D eigenvalue weighted by Gasteiger charge is -2.33. The van der Waals surface area contributed by atoms with Crippen molar-refractivity contribution in [2.45, 2.75) is 71.5 Å². The molecule has 2 atom stereocenters. The van der Waals surface area contributed by atoms with Crippen LogP contribution < -0.4 is 9.62 Å². The van der Waals surface area contributed by atoms with Gasteiger partial charge in [-0.15, -0.1) is 0 Å². The van der Waals surface area contributed by atoms with Gasteiger partial charge in [0.15, 0.2) is 0 Å². The molecule has 3 aromatic carbocycles. The molecule has 2 amide bonds. The number of hydrogen-bond donors (Lipinski definition) is 1. The van der Waals surface area contributed by atoms with Crippen LogP contribution in [0.25, 0.3) is 0 Å². The first-order chi connectivity index (χ1) is 18.4. The number of nitrogens with one attached hydrogen (secondary N) is 1. The Morgan fingerprint density at radius 1 is 0.872 bits per heavy atom. The number of carbonyl (C=O) groups is 2. The summed E-state index contributed by atoms with van der Waals surface area (Å²) in [5.41, 5.74) is 3.91. The maximum atomic E-state index is 14.0. The van der Waals surface area contributed by atoms with Crippen LogP contribution in [0, 0.1) is 20.8 Å². The van der Waals surface area contributed by atoms with Gasteiger partial charge in [-0.2, -0.15) is 0 Å². The van der Waals surface area contributed by atoms with Gasteiger partial charge in [-0.3, -0.25) is 13.9 Å². The molecule has 8 heteroatoms. The third-order valence-corrected chi connectivity index (χ3v) is 8.62. The number of aryl methyl sites for hydroxylation is 3. The SMILES string of the molecule is CC[C@@H](C)NC(=O)[C@@H](C)N(Cc1cccc(C)c1)C(=O)CN(c1cc(C)ccc1C)S(=O)(=O)c1ccccc1. The Kier molecular flexibility index (Phi) is 9.92. The van der Waals surface area contributed by atoms with E-state index >= 15 is 0 Å². The molecule has 0 spiro atoms. The van der Waals surface area contributed by atoms with Gasteiger partial charge in [0.05, 0.1) is 10.6 Å². The smallest absolute Gasteiger partial charge is 0.264 e. The number of amides is 2. The molecule has 0 aromatic heterocycles. The number of rotatable bonds is 11. The molecule has 0 aliphatic carbocycles. The third-order valence-electron chi connectivity index (χ3n) is 6.85. The lowest BCUT2D eigenvalue weighted by Crippen LogP contribution is -2.52. The van der Waals surface area contributed by atoms with Gasteiger partial charge in [-0.1, -0.05) is 67.1 Å². The van der Waals surface area contributed by atoms with Crippen molar-refractivity contribution in [2.24, 2.45) is 0 Å². The first-order valence-electron chi connectivity index (χ1n) is 13.2. The Morgan fingerprint density at radius 2 is 1.54 bits per heavy atom. The van der Waals surface area contributed by atoms with Crippen molar-refractivity contribution in [3.05, 3.63) is 95.1 Å². The van der Waals surface area contributed by atoms with Gasteiger partial charge in [0.1, 0.15) is 12.6 Å². The fourth-order valence-electron chi connectivity index (χ4n) is 4.28. The molecule has 3 aromatic rings. The molecule has 0 fully saturated rings. The average molecular weight is 550 g/mol. The van der Waals surface area contributed by atoms with E-state index in [0.717, 1.165) is 33.0 Å². The van der Waals surface area contributed by atoms with Crippen LogP contribution in [0.1, 0.15) is 49.4 Å². The van der Waals surface area contributed by atoms with Gasteiger partial charge < -0.3 is 10.2 Å². The quantitative estimate of drug-likeness (QED) is 0.359. The molecule has 1 N–H and O–H groups in total. The van der Waals surface area contributed by atoms with Crippen LogP contribution in [0.5, 0.6) is 0 Å². The summed E-state index contributed by atoms with van der Waals surface area (Å²) in [7, 11) is -4.09. The van der Waals surface area contributed by atoms with Gasteiger partial charge >= 0.3 is 0 Å². The van der Waals surface area contributed by atoms with Crippen molar-refractivity contribution in [2.75, 3.05) is 10.8 Å². The minimum Gasteiger partial charge on any atom is -0.352 e. The fraction of sp³-hybridized carbons (Fsp3) is 0.355. The molecule has 0 unspecified atom stereocenters. The summed E-state index contributed by atoms with van der Waals surface area (Å²) < 4.78 is 29.0. The van der Waals surface area contributed by atoms with Crippen LogP contribution >= 0.6 is 0 Å². The molecule has 0 heterocycles. The Balaban J connectivity index is 2.06. The molecule has 39 heavy (non-hydrogen) atoms. The first kappa shape index (κ1) is 29.9. The van der Waals surface area contributed by atoms with Crippen molar-refractivity contribution in [1.82, 2.24) is 10.2 Å². The second kappa shape index (κ2) is 12.9. The largest absolute Gasteiger partial charge is 0.352 e. The van der Waals surface area contributed by atoms with E-state index in [0.29, 0.717) is 5.69 Å². The standard InChI is InChI=1S/C31H39N3O4S/c1-7-25(5)32-31(36)26(6)33(20-27-13-11-12-22(2)18-27)30(35)21-34(29-19-23(3)16-17-24(29)4)39(37,38)28-14-9-8-10-15-28/h8-19,25-26H,7,20-21H2,1-6H3,(H,32,36)/t25-,26-/m1/s1. The fourth-order valence-corrected chi connectivity index (χ4v) is 5.77. The van der Waals surface area contributed by atoms with Crippen molar-refractivity contribution in [3.8, 4) is 0 Å². The highest BCUT2D eigenvalue weighted by molar-refractivity contribution is 7.92. The molecule has 0 aliphatic heterocycles. The number of hydrogen-bond acceptors (Lipinski definition) is 4. The molecule has 7 nitrogen and oxygen atoms in total. The van der Waals surface area contributed by atoms with Gasteiger partial charge in [-0.05, 0) is 75.9 Å². The zero-order valence-electron chi connectivity index (χ0n) is 23.6. The van der Waals surface area contributed by atoms with E-state index < -0.39 is 28.5 Å². The number of nitrogens with zero attached hydrogens (tertiary/aromatic N) is 2.